The fourth-order valence-corrected chi connectivity index (χ4v) is 4.81. The molecule has 1 aliphatic heterocycles. The first-order valence-electron chi connectivity index (χ1n) is 11.9. The summed E-state index contributed by atoms with van der Waals surface area (Å²) in [5.74, 6) is 1.08. The zero-order chi connectivity index (χ0) is 19.4. The first-order valence-corrected chi connectivity index (χ1v) is 11.9. The lowest BCUT2D eigenvalue weighted by Gasteiger charge is -2.40. The second-order valence-electron chi connectivity index (χ2n) is 9.14. The molecule has 0 aromatic rings. The Morgan fingerprint density at radius 1 is 0.852 bits per heavy atom. The highest BCUT2D eigenvalue weighted by Crippen LogP contribution is 2.44. The standard InChI is InChI=1S/C24H43NO2/c1-3-5-7-9-11-15-24(20-25)16-13-22(14-17-24)23-26-18-21(19-27-23)12-10-8-6-4-2/h21-23H,3-19H2,1-2H3/t21?,22-,23?,24+. The van der Waals surface area contributed by atoms with Gasteiger partial charge in [0.15, 0.2) is 6.29 Å². The van der Waals surface area contributed by atoms with Crippen LogP contribution in [0, 0.1) is 28.6 Å². The van der Waals surface area contributed by atoms with Crippen LogP contribution in [0.4, 0.5) is 0 Å². The molecule has 0 N–H and O–H groups in total. The molecule has 2 aliphatic rings. The van der Waals surface area contributed by atoms with Crippen molar-refractivity contribution < 1.29 is 9.47 Å². The van der Waals surface area contributed by atoms with Gasteiger partial charge in [0.2, 0.25) is 0 Å². The fraction of sp³-hybridized carbons (Fsp3) is 0.958. The van der Waals surface area contributed by atoms with E-state index in [1.54, 1.807) is 0 Å². The van der Waals surface area contributed by atoms with Gasteiger partial charge < -0.3 is 9.47 Å². The molecule has 27 heavy (non-hydrogen) atoms. The molecule has 3 heteroatoms. The van der Waals surface area contributed by atoms with Crippen LogP contribution >= 0.6 is 0 Å². The van der Waals surface area contributed by atoms with Crippen molar-refractivity contribution in [3.63, 3.8) is 0 Å². The maximum absolute atomic E-state index is 9.78. The quantitative estimate of drug-likeness (QED) is 0.344. The zero-order valence-corrected chi connectivity index (χ0v) is 18.0. The highest BCUT2D eigenvalue weighted by Gasteiger charge is 2.39. The van der Waals surface area contributed by atoms with Crippen LogP contribution < -0.4 is 0 Å². The van der Waals surface area contributed by atoms with Gasteiger partial charge in [0.1, 0.15) is 0 Å². The minimum atomic E-state index is -0.0702. The van der Waals surface area contributed by atoms with Gasteiger partial charge in [0.05, 0.1) is 24.7 Å². The maximum Gasteiger partial charge on any atom is 0.160 e. The minimum absolute atomic E-state index is 0.0156. The van der Waals surface area contributed by atoms with Crippen LogP contribution in [-0.4, -0.2) is 19.5 Å². The third kappa shape index (κ3) is 7.74. The lowest BCUT2D eigenvalue weighted by molar-refractivity contribution is -0.231. The first kappa shape index (κ1) is 22.7. The summed E-state index contributed by atoms with van der Waals surface area (Å²) in [6.07, 6.45) is 18.3. The largest absolute Gasteiger partial charge is 0.352 e. The molecule has 0 unspecified atom stereocenters. The molecule has 0 aromatic carbocycles. The van der Waals surface area contributed by atoms with Crippen LogP contribution in [0.3, 0.4) is 0 Å². The van der Waals surface area contributed by atoms with Crippen LogP contribution in [0.2, 0.25) is 0 Å². The van der Waals surface area contributed by atoms with E-state index >= 15 is 0 Å². The van der Waals surface area contributed by atoms with Gasteiger partial charge in [-0.25, -0.2) is 0 Å². The number of rotatable bonds is 12. The molecule has 0 radical (unpaired) electrons. The van der Waals surface area contributed by atoms with E-state index in [9.17, 15) is 5.26 Å². The zero-order valence-electron chi connectivity index (χ0n) is 18.0. The summed E-state index contributed by atoms with van der Waals surface area (Å²) in [5.41, 5.74) is -0.0702. The van der Waals surface area contributed by atoms with Gasteiger partial charge in [-0.1, -0.05) is 71.6 Å². The number of nitrogens with zero attached hydrogens (tertiary/aromatic N) is 1. The summed E-state index contributed by atoms with van der Waals surface area (Å²) in [6, 6.07) is 2.69. The highest BCUT2D eigenvalue weighted by molar-refractivity contribution is 5.01. The Balaban J connectivity index is 1.64. The number of hydrogen-bond donors (Lipinski definition) is 0. The predicted octanol–water partition coefficient (Wildman–Crippen LogP) is 7.01. The number of ether oxygens (including phenoxy) is 2. The van der Waals surface area contributed by atoms with Crippen molar-refractivity contribution in [3.8, 4) is 6.07 Å². The number of hydrogen-bond acceptors (Lipinski definition) is 3. The molecule has 1 saturated heterocycles. The molecule has 1 heterocycles. The van der Waals surface area contributed by atoms with Gasteiger partial charge in [0.25, 0.3) is 0 Å². The molecule has 0 amide bonds. The summed E-state index contributed by atoms with van der Waals surface area (Å²) in [6.45, 7) is 6.25. The molecule has 156 valence electrons. The summed E-state index contributed by atoms with van der Waals surface area (Å²) < 4.78 is 12.2. The van der Waals surface area contributed by atoms with E-state index in [-0.39, 0.29) is 11.7 Å². The minimum Gasteiger partial charge on any atom is -0.352 e. The molecule has 1 aliphatic carbocycles. The monoisotopic (exact) mass is 377 g/mol. The van der Waals surface area contributed by atoms with E-state index in [1.807, 2.05) is 0 Å². The molecule has 0 aromatic heterocycles. The van der Waals surface area contributed by atoms with E-state index in [0.29, 0.717) is 11.8 Å². The Kier molecular flexibility index (Phi) is 10.7. The van der Waals surface area contributed by atoms with Crippen molar-refractivity contribution in [2.75, 3.05) is 13.2 Å². The smallest absolute Gasteiger partial charge is 0.160 e. The maximum atomic E-state index is 9.78. The van der Waals surface area contributed by atoms with Gasteiger partial charge in [0, 0.05) is 11.8 Å². The summed E-state index contributed by atoms with van der Waals surface area (Å²) in [5, 5.41) is 9.78. The average molecular weight is 378 g/mol. The summed E-state index contributed by atoms with van der Waals surface area (Å²) in [4.78, 5) is 0. The summed E-state index contributed by atoms with van der Waals surface area (Å²) >= 11 is 0. The van der Waals surface area contributed by atoms with E-state index in [1.165, 1.54) is 64.2 Å². The molecule has 3 nitrogen and oxygen atoms in total. The lowest BCUT2D eigenvalue weighted by atomic mass is 9.68. The Morgan fingerprint density at radius 2 is 1.44 bits per heavy atom. The fourth-order valence-electron chi connectivity index (χ4n) is 4.81. The topological polar surface area (TPSA) is 42.2 Å². The molecule has 0 atom stereocenters. The number of nitriles is 1. The van der Waals surface area contributed by atoms with E-state index in [4.69, 9.17) is 9.47 Å². The van der Waals surface area contributed by atoms with E-state index in [2.05, 4.69) is 19.9 Å². The summed E-state index contributed by atoms with van der Waals surface area (Å²) in [7, 11) is 0. The second-order valence-corrected chi connectivity index (χ2v) is 9.14. The third-order valence-electron chi connectivity index (χ3n) is 6.83. The number of unbranched alkanes of at least 4 members (excludes halogenated alkanes) is 7. The Bertz CT molecular complexity index is 415. The molecule has 2 fully saturated rings. The van der Waals surface area contributed by atoms with E-state index < -0.39 is 0 Å². The second kappa shape index (κ2) is 12.8. The van der Waals surface area contributed by atoms with Gasteiger partial charge in [-0.3, -0.25) is 0 Å². The van der Waals surface area contributed by atoms with Crippen LogP contribution in [0.25, 0.3) is 0 Å². The van der Waals surface area contributed by atoms with E-state index in [0.717, 1.165) is 45.3 Å². The van der Waals surface area contributed by atoms with Crippen molar-refractivity contribution in [1.29, 1.82) is 5.26 Å². The van der Waals surface area contributed by atoms with Crippen molar-refractivity contribution in [2.24, 2.45) is 17.3 Å². The normalized spacial score (nSPS) is 31.5. The molecule has 2 rings (SSSR count). The van der Waals surface area contributed by atoms with Crippen LogP contribution in [0.1, 0.15) is 110 Å². The first-order chi connectivity index (χ1) is 13.2. The average Bonchev–Trinajstić information content (AvgIpc) is 2.72. The van der Waals surface area contributed by atoms with Gasteiger partial charge in [-0.15, -0.1) is 0 Å². The van der Waals surface area contributed by atoms with Crippen LogP contribution in [0.15, 0.2) is 0 Å². The van der Waals surface area contributed by atoms with Crippen molar-refractivity contribution in [1.82, 2.24) is 0 Å². The van der Waals surface area contributed by atoms with Crippen molar-refractivity contribution >= 4 is 0 Å². The van der Waals surface area contributed by atoms with Gasteiger partial charge in [-0.05, 0) is 38.5 Å². The molecule has 1 saturated carbocycles. The SMILES string of the molecule is CCCCCCC[C@]1(C#N)CC[C@@H](C2OCC(CCCCCC)CO2)CC1. The molecule has 0 bridgehead atoms. The third-order valence-corrected chi connectivity index (χ3v) is 6.83. The molecular weight excluding hydrogens is 334 g/mol. The van der Waals surface area contributed by atoms with Crippen LogP contribution in [0.5, 0.6) is 0 Å². The Labute approximate surface area is 168 Å². The van der Waals surface area contributed by atoms with Crippen molar-refractivity contribution in [3.05, 3.63) is 0 Å². The van der Waals surface area contributed by atoms with Gasteiger partial charge in [-0.2, -0.15) is 5.26 Å². The predicted molar refractivity (Wildman–Crippen MR) is 111 cm³/mol. The van der Waals surface area contributed by atoms with Crippen molar-refractivity contribution in [2.45, 2.75) is 116 Å². The van der Waals surface area contributed by atoms with Gasteiger partial charge >= 0.3 is 0 Å². The lowest BCUT2D eigenvalue weighted by Crippen LogP contribution is -2.40. The molecular formula is C24H43NO2. The molecule has 0 spiro atoms. The Hall–Kier alpha value is -0.590. The van der Waals surface area contributed by atoms with Crippen LogP contribution in [-0.2, 0) is 9.47 Å². The highest BCUT2D eigenvalue weighted by atomic mass is 16.7. The Morgan fingerprint density at radius 3 is 2.04 bits per heavy atom.